The second-order valence-electron chi connectivity index (χ2n) is 5.08. The van der Waals surface area contributed by atoms with E-state index in [-0.39, 0.29) is 0 Å². The highest BCUT2D eigenvalue weighted by atomic mass is 32.1. The van der Waals surface area contributed by atoms with Gasteiger partial charge in [-0.05, 0) is 19.9 Å². The molecule has 0 aliphatic heterocycles. The Kier molecular flexibility index (Phi) is 5.73. The van der Waals surface area contributed by atoms with Gasteiger partial charge in [0.25, 0.3) is 0 Å². The van der Waals surface area contributed by atoms with Crippen molar-refractivity contribution in [1.29, 1.82) is 0 Å². The van der Waals surface area contributed by atoms with Crippen LogP contribution in [-0.4, -0.2) is 27.1 Å². The van der Waals surface area contributed by atoms with Crippen LogP contribution in [0, 0.1) is 6.92 Å². The van der Waals surface area contributed by atoms with Gasteiger partial charge in [-0.25, -0.2) is 9.97 Å². The topological polar surface area (TPSA) is 42.7 Å². The van der Waals surface area contributed by atoms with Crippen LogP contribution in [-0.2, 0) is 19.4 Å². The van der Waals surface area contributed by atoms with Gasteiger partial charge in [0.1, 0.15) is 5.82 Å². The Bertz CT molecular complexity index is 517. The number of likely N-dealkylation sites (N-methyl/N-ethyl adjacent to an activating group) is 1. The van der Waals surface area contributed by atoms with E-state index in [1.54, 1.807) is 11.3 Å². The van der Waals surface area contributed by atoms with E-state index in [9.17, 15) is 0 Å². The Labute approximate surface area is 125 Å². The SMILES string of the molecule is CCCn1ccnc1CC(Cc1nc(C)cs1)NCC. The molecule has 0 spiro atoms. The monoisotopic (exact) mass is 292 g/mol. The number of rotatable bonds is 8. The number of aromatic nitrogens is 3. The molecule has 1 unspecified atom stereocenters. The molecule has 2 rings (SSSR count). The van der Waals surface area contributed by atoms with Crippen molar-refractivity contribution in [3.8, 4) is 0 Å². The van der Waals surface area contributed by atoms with Gasteiger partial charge in [-0.1, -0.05) is 13.8 Å². The molecule has 0 saturated heterocycles. The quantitative estimate of drug-likeness (QED) is 0.813. The van der Waals surface area contributed by atoms with Crippen LogP contribution in [0.1, 0.15) is 36.8 Å². The van der Waals surface area contributed by atoms with Crippen LogP contribution in [0.3, 0.4) is 0 Å². The van der Waals surface area contributed by atoms with Gasteiger partial charge >= 0.3 is 0 Å². The molecule has 0 fully saturated rings. The molecule has 0 saturated carbocycles. The normalized spacial score (nSPS) is 12.8. The van der Waals surface area contributed by atoms with Gasteiger partial charge in [-0.15, -0.1) is 11.3 Å². The number of thiazole rings is 1. The van der Waals surface area contributed by atoms with Crippen LogP contribution in [0.25, 0.3) is 0 Å². The molecule has 2 aromatic heterocycles. The highest BCUT2D eigenvalue weighted by molar-refractivity contribution is 7.09. The summed E-state index contributed by atoms with van der Waals surface area (Å²) in [6, 6.07) is 0.406. The zero-order chi connectivity index (χ0) is 14.4. The highest BCUT2D eigenvalue weighted by Crippen LogP contribution is 2.13. The first kappa shape index (κ1) is 15.2. The number of aryl methyl sites for hydroxylation is 2. The average molecular weight is 292 g/mol. The van der Waals surface area contributed by atoms with Crippen molar-refractivity contribution in [2.24, 2.45) is 0 Å². The van der Waals surface area contributed by atoms with Gasteiger partial charge in [0, 0.05) is 48.9 Å². The highest BCUT2D eigenvalue weighted by Gasteiger charge is 2.14. The van der Waals surface area contributed by atoms with Crippen molar-refractivity contribution >= 4 is 11.3 Å². The molecule has 20 heavy (non-hydrogen) atoms. The number of nitrogens with zero attached hydrogens (tertiary/aromatic N) is 3. The molecule has 1 atom stereocenters. The molecule has 2 heterocycles. The summed E-state index contributed by atoms with van der Waals surface area (Å²) in [6.45, 7) is 8.42. The van der Waals surface area contributed by atoms with Crippen LogP contribution in [0.4, 0.5) is 0 Å². The lowest BCUT2D eigenvalue weighted by Crippen LogP contribution is -2.34. The van der Waals surface area contributed by atoms with E-state index >= 15 is 0 Å². The Morgan fingerprint density at radius 3 is 2.85 bits per heavy atom. The van der Waals surface area contributed by atoms with Gasteiger partial charge in [0.05, 0.1) is 5.01 Å². The molecular formula is C15H24N4S. The summed E-state index contributed by atoms with van der Waals surface area (Å²) >= 11 is 1.75. The first-order valence-corrected chi connectivity index (χ1v) is 8.25. The lowest BCUT2D eigenvalue weighted by atomic mass is 10.1. The fourth-order valence-corrected chi connectivity index (χ4v) is 3.26. The first-order valence-electron chi connectivity index (χ1n) is 7.37. The van der Waals surface area contributed by atoms with Crippen LogP contribution in [0.15, 0.2) is 17.8 Å². The van der Waals surface area contributed by atoms with E-state index < -0.39 is 0 Å². The van der Waals surface area contributed by atoms with Gasteiger partial charge in [-0.3, -0.25) is 0 Å². The zero-order valence-corrected chi connectivity index (χ0v) is 13.4. The van der Waals surface area contributed by atoms with Crippen LogP contribution in [0.5, 0.6) is 0 Å². The van der Waals surface area contributed by atoms with Crippen molar-refractivity contribution in [2.45, 2.75) is 52.6 Å². The third-order valence-corrected chi connectivity index (χ3v) is 4.26. The minimum atomic E-state index is 0.406. The molecule has 0 radical (unpaired) electrons. The second kappa shape index (κ2) is 7.55. The first-order chi connectivity index (χ1) is 9.72. The summed E-state index contributed by atoms with van der Waals surface area (Å²) < 4.78 is 2.26. The summed E-state index contributed by atoms with van der Waals surface area (Å²) in [5.41, 5.74) is 1.12. The molecule has 0 amide bonds. The number of hydrogen-bond acceptors (Lipinski definition) is 4. The molecule has 5 heteroatoms. The van der Waals surface area contributed by atoms with Crippen molar-refractivity contribution < 1.29 is 0 Å². The molecule has 0 bridgehead atoms. The molecular weight excluding hydrogens is 268 g/mol. The molecule has 0 aliphatic carbocycles. The van der Waals surface area contributed by atoms with Crippen LogP contribution < -0.4 is 5.32 Å². The predicted octanol–water partition coefficient (Wildman–Crippen LogP) is 2.82. The second-order valence-corrected chi connectivity index (χ2v) is 6.02. The van der Waals surface area contributed by atoms with E-state index in [0.717, 1.165) is 38.0 Å². The molecule has 110 valence electrons. The summed E-state index contributed by atoms with van der Waals surface area (Å²) in [6.07, 6.45) is 7.06. The summed E-state index contributed by atoms with van der Waals surface area (Å²) in [5, 5.41) is 6.89. The number of hydrogen-bond donors (Lipinski definition) is 1. The maximum absolute atomic E-state index is 4.57. The van der Waals surface area contributed by atoms with E-state index in [4.69, 9.17) is 0 Å². The van der Waals surface area contributed by atoms with Gasteiger partial charge in [-0.2, -0.15) is 0 Å². The van der Waals surface area contributed by atoms with E-state index in [0.29, 0.717) is 6.04 Å². The summed E-state index contributed by atoms with van der Waals surface area (Å²) in [5.74, 6) is 1.17. The average Bonchev–Trinajstić information content (AvgIpc) is 3.00. The molecule has 2 aromatic rings. The minimum Gasteiger partial charge on any atom is -0.335 e. The maximum Gasteiger partial charge on any atom is 0.110 e. The minimum absolute atomic E-state index is 0.406. The third kappa shape index (κ3) is 4.15. The van der Waals surface area contributed by atoms with Crippen molar-refractivity contribution in [2.75, 3.05) is 6.54 Å². The number of imidazole rings is 1. The smallest absolute Gasteiger partial charge is 0.110 e. The van der Waals surface area contributed by atoms with E-state index in [1.165, 1.54) is 10.8 Å². The predicted molar refractivity (Wildman–Crippen MR) is 84.2 cm³/mol. The molecule has 4 nitrogen and oxygen atoms in total. The van der Waals surface area contributed by atoms with Gasteiger partial charge in [0.2, 0.25) is 0 Å². The largest absolute Gasteiger partial charge is 0.335 e. The standard InChI is InChI=1S/C15H24N4S/c1-4-7-19-8-6-17-14(19)9-13(16-5-2)10-15-18-12(3)11-20-15/h6,8,11,13,16H,4-5,7,9-10H2,1-3H3. The van der Waals surface area contributed by atoms with E-state index in [2.05, 4.69) is 52.2 Å². The maximum atomic E-state index is 4.57. The Morgan fingerprint density at radius 1 is 1.35 bits per heavy atom. The van der Waals surface area contributed by atoms with Gasteiger partial charge < -0.3 is 9.88 Å². The van der Waals surface area contributed by atoms with E-state index in [1.807, 2.05) is 6.20 Å². The van der Waals surface area contributed by atoms with Crippen molar-refractivity contribution in [1.82, 2.24) is 19.9 Å². The fraction of sp³-hybridized carbons (Fsp3) is 0.600. The molecule has 0 aliphatic rings. The Hall–Kier alpha value is -1.20. The summed E-state index contributed by atoms with van der Waals surface area (Å²) in [7, 11) is 0. The Balaban J connectivity index is 2.02. The molecule has 0 aromatic carbocycles. The van der Waals surface area contributed by atoms with Crippen LogP contribution >= 0.6 is 11.3 Å². The fourth-order valence-electron chi connectivity index (χ4n) is 2.41. The lowest BCUT2D eigenvalue weighted by Gasteiger charge is -2.17. The third-order valence-electron chi connectivity index (χ3n) is 3.28. The summed E-state index contributed by atoms with van der Waals surface area (Å²) in [4.78, 5) is 9.08. The van der Waals surface area contributed by atoms with Crippen molar-refractivity contribution in [3.63, 3.8) is 0 Å². The Morgan fingerprint density at radius 2 is 2.20 bits per heavy atom. The number of nitrogens with one attached hydrogen (secondary N) is 1. The zero-order valence-electron chi connectivity index (χ0n) is 12.6. The molecule has 1 N–H and O–H groups in total. The van der Waals surface area contributed by atoms with Gasteiger partial charge in [0.15, 0.2) is 0 Å². The lowest BCUT2D eigenvalue weighted by molar-refractivity contribution is 0.494. The van der Waals surface area contributed by atoms with Crippen LogP contribution in [0.2, 0.25) is 0 Å². The van der Waals surface area contributed by atoms with Crippen molar-refractivity contribution in [3.05, 3.63) is 34.3 Å².